The summed E-state index contributed by atoms with van der Waals surface area (Å²) in [6, 6.07) is 141. The molecule has 6 nitrogen and oxygen atoms in total. The van der Waals surface area contributed by atoms with E-state index in [1.54, 1.807) is 0 Å². The van der Waals surface area contributed by atoms with Gasteiger partial charge >= 0.3 is 0 Å². The molecule has 22 aromatic rings. The van der Waals surface area contributed by atoms with Crippen molar-refractivity contribution in [2.24, 2.45) is 0 Å². The lowest BCUT2D eigenvalue weighted by Gasteiger charge is -2.34. The Kier molecular flexibility index (Phi) is 12.4. The van der Waals surface area contributed by atoms with Crippen molar-refractivity contribution in [3.63, 3.8) is 0 Å². The van der Waals surface area contributed by atoms with Gasteiger partial charge < -0.3 is 27.4 Å². The molecule has 0 saturated heterocycles. The summed E-state index contributed by atoms with van der Waals surface area (Å²) in [6.07, 6.45) is 0. The van der Waals surface area contributed by atoms with Crippen LogP contribution in [0.15, 0.2) is 376 Å². The molecule has 7 heteroatoms. The number of hydrogen-bond acceptors (Lipinski definition) is 0. The molecule has 0 spiro atoms. The molecule has 0 fully saturated rings. The van der Waals surface area contributed by atoms with E-state index in [0.29, 0.717) is 0 Å². The summed E-state index contributed by atoms with van der Waals surface area (Å²) in [5.41, 5.74) is 20.8. The molecule has 0 aliphatic rings. The average molecular weight is 1330 g/mol. The summed E-state index contributed by atoms with van der Waals surface area (Å²) < 4.78 is 14.8. The van der Waals surface area contributed by atoms with Gasteiger partial charge in [-0.25, -0.2) is 0 Å². The number of rotatable bonds is 10. The first kappa shape index (κ1) is 57.4. The fraction of sp³-hybridized carbons (Fsp3) is 0. The summed E-state index contributed by atoms with van der Waals surface area (Å²) in [5, 5.41) is 20.0. The van der Waals surface area contributed by atoms with Gasteiger partial charge in [0.2, 0.25) is 0 Å². The Morgan fingerprint density at radius 3 is 0.515 bits per heavy atom. The lowest BCUT2D eigenvalue weighted by Crippen LogP contribution is -2.74. The molecule has 0 saturated carbocycles. The zero-order valence-electron chi connectivity index (χ0n) is 56.0. The van der Waals surface area contributed by atoms with Crippen molar-refractivity contribution in [2.75, 3.05) is 0 Å². The van der Waals surface area contributed by atoms with Gasteiger partial charge in [-0.15, -0.1) is 0 Å². The van der Waals surface area contributed by atoms with Crippen LogP contribution in [0, 0.1) is 0 Å². The molecule has 0 unspecified atom stereocenters. The van der Waals surface area contributed by atoms with Crippen LogP contribution in [0.25, 0.3) is 165 Å². The van der Waals surface area contributed by atoms with Gasteiger partial charge in [0, 0.05) is 98.8 Å². The van der Waals surface area contributed by atoms with E-state index < -0.39 is 8.07 Å². The van der Waals surface area contributed by atoms with Crippen molar-refractivity contribution in [2.45, 2.75) is 0 Å². The topological polar surface area (TPSA) is 29.6 Å². The van der Waals surface area contributed by atoms with Crippen molar-refractivity contribution >= 4 is 160 Å². The summed E-state index contributed by atoms with van der Waals surface area (Å²) in [5.74, 6) is 0. The Morgan fingerprint density at radius 2 is 0.291 bits per heavy atom. The summed E-state index contributed by atoms with van der Waals surface area (Å²) in [7, 11) is -3.09. The van der Waals surface area contributed by atoms with E-state index in [1.807, 2.05) is 0 Å². The van der Waals surface area contributed by atoms with Crippen LogP contribution in [0.1, 0.15) is 0 Å². The molecule has 103 heavy (non-hydrogen) atoms. The molecule has 6 aromatic heterocycles. The highest BCUT2D eigenvalue weighted by atomic mass is 28.3. The molecule has 0 amide bonds. The van der Waals surface area contributed by atoms with Crippen LogP contribution >= 0.6 is 0 Å². The predicted octanol–water partition coefficient (Wildman–Crippen LogP) is 21.6. The highest BCUT2D eigenvalue weighted by Crippen LogP contribution is 2.43. The van der Waals surface area contributed by atoms with Gasteiger partial charge in [0.05, 0.1) is 66.2 Å². The minimum absolute atomic E-state index is 1.10. The lowest BCUT2D eigenvalue weighted by atomic mass is 10.1. The molecule has 0 bridgehead atoms. The van der Waals surface area contributed by atoms with Crippen molar-refractivity contribution in [3.8, 4) is 34.1 Å². The molecule has 16 aromatic carbocycles. The van der Waals surface area contributed by atoms with Crippen LogP contribution in [0.3, 0.4) is 0 Å². The molecule has 0 aliphatic carbocycles. The standard InChI is InChI=1S/C96H62N6Si/c1-3-23-69(24-4-1)103(70-25-5-2-6-26-70,71-51-43-63(44-52-71)97-93-55-47-65(99-85-35-15-7-27-73(85)74-28-8-16-36-86(74)99)59-81(93)82-60-66(48-56-94(82)97)100-87-37-17-9-29-75(87)76-30-10-18-38-88(76)100)72-53-45-64(46-54-72)98-95-57-49-67(101-89-39-19-11-31-77(89)78-32-12-20-40-90(78)101)61-83(95)84-62-68(50-58-96(84)98)102-91-41-21-13-33-79(91)80-34-14-22-42-92(80)102/h1-62H. The van der Waals surface area contributed by atoms with Crippen LogP contribution in [-0.4, -0.2) is 35.5 Å². The third-order valence-corrected chi connectivity index (χ3v) is 27.1. The quantitative estimate of drug-likeness (QED) is 0.0965. The smallest absolute Gasteiger partial charge is 0.179 e. The van der Waals surface area contributed by atoms with E-state index in [4.69, 9.17) is 0 Å². The van der Waals surface area contributed by atoms with Crippen molar-refractivity contribution < 1.29 is 0 Å². The number of aromatic nitrogens is 6. The van der Waals surface area contributed by atoms with Gasteiger partial charge in [-0.05, 0) is 166 Å². The molecule has 0 aliphatic heterocycles. The van der Waals surface area contributed by atoms with Crippen LogP contribution < -0.4 is 20.7 Å². The SMILES string of the molecule is c1ccc([Si](c2ccccc2)(c2ccc(-n3c4ccc(-n5c6ccccc6c6ccccc65)cc4c4cc(-n5c6ccccc6c6ccccc65)ccc43)cc2)c2ccc(-n3c4ccc(-n5c6ccccc6c6ccccc65)cc4c4cc(-n5c6ccccc6c6ccccc65)ccc43)cc2)cc1. The molecular formula is C96H62N6Si. The fourth-order valence-electron chi connectivity index (χ4n) is 18.0. The van der Waals surface area contributed by atoms with Crippen LogP contribution in [0.2, 0.25) is 0 Å². The van der Waals surface area contributed by atoms with E-state index in [0.717, 1.165) is 56.2 Å². The highest BCUT2D eigenvalue weighted by Gasteiger charge is 2.41. The zero-order valence-corrected chi connectivity index (χ0v) is 57.0. The van der Waals surface area contributed by atoms with Crippen LogP contribution in [-0.2, 0) is 0 Å². The van der Waals surface area contributed by atoms with Crippen molar-refractivity contribution in [3.05, 3.63) is 376 Å². The van der Waals surface area contributed by atoms with Crippen molar-refractivity contribution in [1.82, 2.24) is 27.4 Å². The highest BCUT2D eigenvalue weighted by molar-refractivity contribution is 7.19. The van der Waals surface area contributed by atoms with Gasteiger partial charge in [0.15, 0.2) is 8.07 Å². The minimum atomic E-state index is -3.09. The monoisotopic (exact) mass is 1330 g/mol. The third-order valence-electron chi connectivity index (χ3n) is 22.3. The Hall–Kier alpha value is -13.5. The number of para-hydroxylation sites is 8. The Balaban J connectivity index is 0.726. The predicted molar refractivity (Wildman–Crippen MR) is 436 cm³/mol. The van der Waals surface area contributed by atoms with Gasteiger partial charge in [-0.1, -0.05) is 231 Å². The molecule has 6 heterocycles. The first-order chi connectivity index (χ1) is 51.1. The van der Waals surface area contributed by atoms with Gasteiger partial charge in [-0.2, -0.15) is 0 Å². The van der Waals surface area contributed by atoms with Gasteiger partial charge in [0.1, 0.15) is 0 Å². The van der Waals surface area contributed by atoms with Gasteiger partial charge in [0.25, 0.3) is 0 Å². The van der Waals surface area contributed by atoms with Crippen molar-refractivity contribution in [1.29, 1.82) is 0 Å². The molecule has 0 atom stereocenters. The first-order valence-electron chi connectivity index (χ1n) is 35.6. The molecule has 0 N–H and O–H groups in total. The van der Waals surface area contributed by atoms with Gasteiger partial charge in [-0.3, -0.25) is 0 Å². The summed E-state index contributed by atoms with van der Waals surface area (Å²) in [4.78, 5) is 0. The third kappa shape index (κ3) is 8.31. The number of benzene rings is 16. The molecule has 22 rings (SSSR count). The average Bonchev–Trinajstić information content (AvgIpc) is 1.68. The van der Waals surface area contributed by atoms with Crippen LogP contribution in [0.4, 0.5) is 0 Å². The van der Waals surface area contributed by atoms with E-state index >= 15 is 0 Å². The summed E-state index contributed by atoms with van der Waals surface area (Å²) >= 11 is 0. The fourth-order valence-corrected chi connectivity index (χ4v) is 22.7. The van der Waals surface area contributed by atoms with Crippen LogP contribution in [0.5, 0.6) is 0 Å². The molecular weight excluding hydrogens is 1270 g/mol. The van der Waals surface area contributed by atoms with E-state index in [1.165, 1.54) is 130 Å². The molecule has 480 valence electrons. The maximum Gasteiger partial charge on any atom is 0.179 e. The largest absolute Gasteiger partial charge is 0.309 e. The molecule has 0 radical (unpaired) electrons. The van der Waals surface area contributed by atoms with E-state index in [9.17, 15) is 0 Å². The van der Waals surface area contributed by atoms with E-state index in [-0.39, 0.29) is 0 Å². The number of fused-ring (bicyclic) bond motifs is 18. The second kappa shape index (κ2) is 22.3. The first-order valence-corrected chi connectivity index (χ1v) is 37.6. The lowest BCUT2D eigenvalue weighted by molar-refractivity contribution is 1.16. The zero-order chi connectivity index (χ0) is 67.4. The maximum atomic E-state index is 2.49. The maximum absolute atomic E-state index is 3.09. The minimum Gasteiger partial charge on any atom is -0.309 e. The van der Waals surface area contributed by atoms with E-state index in [2.05, 4.69) is 404 Å². The Bertz CT molecular complexity index is 6230. The Morgan fingerprint density at radius 1 is 0.126 bits per heavy atom. The second-order valence-electron chi connectivity index (χ2n) is 27.5. The summed E-state index contributed by atoms with van der Waals surface area (Å²) in [6.45, 7) is 0. The second-order valence-corrected chi connectivity index (χ2v) is 31.3. The Labute approximate surface area is 593 Å². The number of hydrogen-bond donors (Lipinski definition) is 0. The normalized spacial score (nSPS) is 12.3. The number of nitrogens with zero attached hydrogens (tertiary/aromatic N) is 6.